The van der Waals surface area contributed by atoms with Gasteiger partial charge in [0, 0.05) is 32.1 Å². The Balaban J connectivity index is 2.12. The molecule has 1 heterocycles. The van der Waals surface area contributed by atoms with Gasteiger partial charge in [-0.25, -0.2) is 4.98 Å². The summed E-state index contributed by atoms with van der Waals surface area (Å²) in [5.41, 5.74) is 0.403. The minimum absolute atomic E-state index is 0.108. The Hall–Kier alpha value is -2.57. The SMILES string of the molecule is CCC(CC)N(C)C(=O)CCCn1cnc2cc(OC)c(OC)cc2c1=O. The Labute approximate surface area is 159 Å². The topological polar surface area (TPSA) is 73.7 Å². The second-order valence-corrected chi connectivity index (χ2v) is 6.55. The minimum atomic E-state index is -0.151. The maximum atomic E-state index is 12.7. The number of methoxy groups -OCH3 is 2. The summed E-state index contributed by atoms with van der Waals surface area (Å²) in [5, 5.41) is 0.468. The molecule has 0 saturated heterocycles. The van der Waals surface area contributed by atoms with Crippen LogP contribution in [0, 0.1) is 0 Å². The molecule has 2 rings (SSSR count). The lowest BCUT2D eigenvalue weighted by Crippen LogP contribution is -2.36. The number of rotatable bonds is 9. The quantitative estimate of drug-likeness (QED) is 0.674. The molecule has 0 aliphatic rings. The number of fused-ring (bicyclic) bond motifs is 1. The normalized spacial score (nSPS) is 11.0. The van der Waals surface area contributed by atoms with Crippen LogP contribution in [0.5, 0.6) is 11.5 Å². The second kappa shape index (κ2) is 9.39. The number of aromatic nitrogens is 2. The third kappa shape index (κ3) is 4.59. The van der Waals surface area contributed by atoms with Crippen LogP contribution in [0.4, 0.5) is 0 Å². The van der Waals surface area contributed by atoms with E-state index < -0.39 is 0 Å². The van der Waals surface area contributed by atoms with Crippen LogP contribution in [0.25, 0.3) is 10.9 Å². The number of carbonyl (C=O) groups is 1. The highest BCUT2D eigenvalue weighted by molar-refractivity contribution is 5.81. The number of hydrogen-bond donors (Lipinski definition) is 0. The molecular formula is C20H29N3O4. The molecule has 0 aliphatic carbocycles. The zero-order valence-electron chi connectivity index (χ0n) is 16.8. The van der Waals surface area contributed by atoms with E-state index in [2.05, 4.69) is 18.8 Å². The maximum absolute atomic E-state index is 12.7. The van der Waals surface area contributed by atoms with E-state index in [1.807, 2.05) is 11.9 Å². The van der Waals surface area contributed by atoms with Gasteiger partial charge in [0.2, 0.25) is 5.91 Å². The van der Waals surface area contributed by atoms with E-state index in [9.17, 15) is 9.59 Å². The molecule has 7 heteroatoms. The van der Waals surface area contributed by atoms with E-state index in [0.717, 1.165) is 12.8 Å². The van der Waals surface area contributed by atoms with Crippen LogP contribution in [0.1, 0.15) is 39.5 Å². The third-order valence-corrected chi connectivity index (χ3v) is 5.00. The molecule has 1 aromatic carbocycles. The van der Waals surface area contributed by atoms with Crippen molar-refractivity contribution in [2.45, 2.75) is 52.1 Å². The Morgan fingerprint density at radius 3 is 2.41 bits per heavy atom. The molecule has 1 amide bonds. The van der Waals surface area contributed by atoms with Crippen molar-refractivity contribution in [2.75, 3.05) is 21.3 Å². The van der Waals surface area contributed by atoms with Gasteiger partial charge in [-0.15, -0.1) is 0 Å². The molecule has 148 valence electrons. The average Bonchev–Trinajstić information content (AvgIpc) is 2.69. The number of carbonyl (C=O) groups excluding carboxylic acids is 1. The number of hydrogen-bond acceptors (Lipinski definition) is 5. The van der Waals surface area contributed by atoms with Gasteiger partial charge in [0.1, 0.15) is 0 Å². The van der Waals surface area contributed by atoms with Crippen LogP contribution < -0.4 is 15.0 Å². The highest BCUT2D eigenvalue weighted by atomic mass is 16.5. The van der Waals surface area contributed by atoms with Gasteiger partial charge < -0.3 is 14.4 Å². The second-order valence-electron chi connectivity index (χ2n) is 6.55. The van der Waals surface area contributed by atoms with E-state index in [1.54, 1.807) is 23.8 Å². The van der Waals surface area contributed by atoms with Crippen molar-refractivity contribution < 1.29 is 14.3 Å². The van der Waals surface area contributed by atoms with Crippen molar-refractivity contribution in [3.05, 3.63) is 28.8 Å². The van der Waals surface area contributed by atoms with Gasteiger partial charge in [0.15, 0.2) is 11.5 Å². The summed E-state index contributed by atoms with van der Waals surface area (Å²) in [6.45, 7) is 4.61. The van der Waals surface area contributed by atoms with Gasteiger partial charge in [-0.05, 0) is 25.3 Å². The van der Waals surface area contributed by atoms with Crippen LogP contribution in [0.3, 0.4) is 0 Å². The largest absolute Gasteiger partial charge is 0.493 e. The molecule has 0 spiro atoms. The van der Waals surface area contributed by atoms with E-state index in [4.69, 9.17) is 9.47 Å². The molecule has 0 fully saturated rings. The van der Waals surface area contributed by atoms with Crippen LogP contribution in [-0.4, -0.2) is 47.7 Å². The summed E-state index contributed by atoms with van der Waals surface area (Å²) in [5.74, 6) is 1.13. The monoisotopic (exact) mass is 375 g/mol. The molecule has 0 unspecified atom stereocenters. The van der Waals surface area contributed by atoms with Crippen molar-refractivity contribution >= 4 is 16.8 Å². The molecule has 1 aromatic heterocycles. The molecule has 7 nitrogen and oxygen atoms in total. The fourth-order valence-corrected chi connectivity index (χ4v) is 3.26. The lowest BCUT2D eigenvalue weighted by molar-refractivity contribution is -0.132. The van der Waals surface area contributed by atoms with Crippen molar-refractivity contribution in [1.29, 1.82) is 0 Å². The fraction of sp³-hybridized carbons (Fsp3) is 0.550. The van der Waals surface area contributed by atoms with E-state index >= 15 is 0 Å². The standard InChI is InChI=1S/C20H29N3O4/c1-6-14(7-2)22(3)19(24)9-8-10-23-13-21-16-12-18(27-5)17(26-4)11-15(16)20(23)25/h11-14H,6-10H2,1-5H3. The zero-order chi connectivity index (χ0) is 20.0. The molecular weight excluding hydrogens is 346 g/mol. The Morgan fingerprint density at radius 1 is 1.19 bits per heavy atom. The first kappa shape index (κ1) is 20.7. The molecule has 0 atom stereocenters. The summed E-state index contributed by atoms with van der Waals surface area (Å²) in [6.07, 6.45) is 4.40. The first-order chi connectivity index (χ1) is 13.0. The predicted octanol–water partition coefficient (Wildman–Crippen LogP) is 2.84. The van der Waals surface area contributed by atoms with Crippen LogP contribution in [0.15, 0.2) is 23.3 Å². The number of ether oxygens (including phenoxy) is 2. The number of nitrogens with zero attached hydrogens (tertiary/aromatic N) is 3. The lowest BCUT2D eigenvalue weighted by atomic mass is 10.1. The minimum Gasteiger partial charge on any atom is -0.493 e. The summed E-state index contributed by atoms with van der Waals surface area (Å²) < 4.78 is 12.1. The Kier molecular flexibility index (Phi) is 7.21. The third-order valence-electron chi connectivity index (χ3n) is 5.00. The Morgan fingerprint density at radius 2 is 1.81 bits per heavy atom. The highest BCUT2D eigenvalue weighted by Crippen LogP contribution is 2.29. The molecule has 0 aliphatic heterocycles. The fourth-order valence-electron chi connectivity index (χ4n) is 3.26. The number of benzene rings is 1. The molecule has 0 saturated carbocycles. The Bertz CT molecular complexity index is 843. The van der Waals surface area contributed by atoms with Gasteiger partial charge in [-0.3, -0.25) is 14.2 Å². The van der Waals surface area contributed by atoms with E-state index in [0.29, 0.717) is 41.8 Å². The van der Waals surface area contributed by atoms with Gasteiger partial charge in [-0.1, -0.05) is 13.8 Å². The van der Waals surface area contributed by atoms with Gasteiger partial charge >= 0.3 is 0 Å². The summed E-state index contributed by atoms with van der Waals surface area (Å²) >= 11 is 0. The van der Waals surface area contributed by atoms with Crippen molar-refractivity contribution in [3.8, 4) is 11.5 Å². The zero-order valence-corrected chi connectivity index (χ0v) is 16.8. The molecule has 2 aromatic rings. The van der Waals surface area contributed by atoms with Gasteiger partial charge in [0.05, 0.1) is 31.4 Å². The first-order valence-electron chi connectivity index (χ1n) is 9.33. The van der Waals surface area contributed by atoms with Crippen molar-refractivity contribution in [2.24, 2.45) is 0 Å². The molecule has 0 bridgehead atoms. The van der Waals surface area contributed by atoms with Crippen LogP contribution in [-0.2, 0) is 11.3 Å². The van der Waals surface area contributed by atoms with Crippen LogP contribution >= 0.6 is 0 Å². The predicted molar refractivity (Wildman–Crippen MR) is 105 cm³/mol. The summed E-state index contributed by atoms with van der Waals surface area (Å²) in [6, 6.07) is 3.60. The highest BCUT2D eigenvalue weighted by Gasteiger charge is 2.16. The maximum Gasteiger partial charge on any atom is 0.261 e. The van der Waals surface area contributed by atoms with E-state index in [1.165, 1.54) is 13.4 Å². The summed E-state index contributed by atoms with van der Waals surface area (Å²) in [7, 11) is 4.92. The lowest BCUT2D eigenvalue weighted by Gasteiger charge is -2.26. The number of aryl methyl sites for hydroxylation is 1. The van der Waals surface area contributed by atoms with Gasteiger partial charge in [-0.2, -0.15) is 0 Å². The molecule has 0 N–H and O–H groups in total. The smallest absolute Gasteiger partial charge is 0.261 e. The summed E-state index contributed by atoms with van der Waals surface area (Å²) in [4.78, 5) is 31.2. The first-order valence-corrected chi connectivity index (χ1v) is 9.33. The molecule has 27 heavy (non-hydrogen) atoms. The average molecular weight is 375 g/mol. The van der Waals surface area contributed by atoms with Crippen molar-refractivity contribution in [3.63, 3.8) is 0 Å². The number of amides is 1. The van der Waals surface area contributed by atoms with E-state index in [-0.39, 0.29) is 17.5 Å². The van der Waals surface area contributed by atoms with Crippen molar-refractivity contribution in [1.82, 2.24) is 14.5 Å². The van der Waals surface area contributed by atoms with Gasteiger partial charge in [0.25, 0.3) is 5.56 Å². The molecule has 0 radical (unpaired) electrons. The van der Waals surface area contributed by atoms with Crippen LogP contribution in [0.2, 0.25) is 0 Å².